The van der Waals surface area contributed by atoms with Crippen molar-refractivity contribution >= 4 is 11.9 Å². The van der Waals surface area contributed by atoms with Gasteiger partial charge >= 0.3 is 5.97 Å². The molecule has 0 radical (unpaired) electrons. The number of hydrogen-bond donors (Lipinski definition) is 3. The first kappa shape index (κ1) is 12.7. The molecule has 0 unspecified atom stereocenters. The number of amides is 1. The quantitative estimate of drug-likeness (QED) is 0.449. The molecule has 0 spiro atoms. The van der Waals surface area contributed by atoms with Crippen molar-refractivity contribution in [1.82, 2.24) is 10.6 Å². The summed E-state index contributed by atoms with van der Waals surface area (Å²) in [7, 11) is 0. The van der Waals surface area contributed by atoms with Crippen LogP contribution < -0.4 is 10.6 Å². The normalized spacial score (nSPS) is 14.2. The molecule has 16 heavy (non-hydrogen) atoms. The van der Waals surface area contributed by atoms with Crippen molar-refractivity contribution in [2.24, 2.45) is 0 Å². The smallest absolute Gasteiger partial charge is 0.303 e. The highest BCUT2D eigenvalue weighted by atomic mass is 16.4. The van der Waals surface area contributed by atoms with E-state index < -0.39 is 5.97 Å². The summed E-state index contributed by atoms with van der Waals surface area (Å²) in [6.07, 6.45) is 1.48. The Labute approximate surface area is 94.9 Å². The molecule has 90 valence electrons. The van der Waals surface area contributed by atoms with Crippen molar-refractivity contribution in [1.29, 1.82) is 0 Å². The fourth-order valence-corrected chi connectivity index (χ4v) is 1.41. The van der Waals surface area contributed by atoms with Crippen LogP contribution in [0.2, 0.25) is 0 Å². The van der Waals surface area contributed by atoms with Gasteiger partial charge in [0.2, 0.25) is 5.91 Å². The summed E-state index contributed by atoms with van der Waals surface area (Å²) in [4.78, 5) is 21.8. The fourth-order valence-electron chi connectivity index (χ4n) is 1.41. The number of aliphatic carboxylic acids is 1. The van der Waals surface area contributed by atoms with Gasteiger partial charge in [0.15, 0.2) is 0 Å². The highest BCUT2D eigenvalue weighted by Crippen LogP contribution is 2.08. The molecular formula is C11H18N2O3. The molecule has 0 bridgehead atoms. The zero-order chi connectivity index (χ0) is 12.0. The Balaban J connectivity index is 2.13. The zero-order valence-corrected chi connectivity index (χ0v) is 9.51. The van der Waals surface area contributed by atoms with E-state index in [-0.39, 0.29) is 12.3 Å². The lowest BCUT2D eigenvalue weighted by atomic mass is 10.0. The highest BCUT2D eigenvalue weighted by molar-refractivity contribution is 5.93. The number of carboxylic acid groups (broad SMARTS) is 1. The molecule has 1 fully saturated rings. The lowest BCUT2D eigenvalue weighted by molar-refractivity contribution is -0.137. The van der Waals surface area contributed by atoms with Gasteiger partial charge < -0.3 is 15.7 Å². The van der Waals surface area contributed by atoms with Crippen molar-refractivity contribution in [3.05, 3.63) is 11.1 Å². The SMILES string of the molecule is CC(C(=O)NCCCCC(=O)O)=C1CNC1. The molecule has 0 aromatic carbocycles. The van der Waals surface area contributed by atoms with Gasteiger partial charge in [-0.1, -0.05) is 0 Å². The van der Waals surface area contributed by atoms with Gasteiger partial charge in [-0.25, -0.2) is 0 Å². The lowest BCUT2D eigenvalue weighted by Crippen LogP contribution is -2.37. The Hall–Kier alpha value is -1.36. The zero-order valence-electron chi connectivity index (χ0n) is 9.51. The van der Waals surface area contributed by atoms with Gasteiger partial charge in [0, 0.05) is 31.6 Å². The van der Waals surface area contributed by atoms with Crippen molar-refractivity contribution in [2.45, 2.75) is 26.2 Å². The van der Waals surface area contributed by atoms with E-state index in [1.54, 1.807) is 0 Å². The van der Waals surface area contributed by atoms with E-state index in [2.05, 4.69) is 10.6 Å². The Morgan fingerprint density at radius 2 is 2.06 bits per heavy atom. The molecule has 1 heterocycles. The number of carbonyl (C=O) groups excluding carboxylic acids is 1. The first-order valence-corrected chi connectivity index (χ1v) is 5.50. The fraction of sp³-hybridized carbons (Fsp3) is 0.636. The summed E-state index contributed by atoms with van der Waals surface area (Å²) >= 11 is 0. The second kappa shape index (κ2) is 6.27. The number of nitrogens with one attached hydrogen (secondary N) is 2. The molecular weight excluding hydrogens is 208 g/mol. The van der Waals surface area contributed by atoms with Gasteiger partial charge in [0.05, 0.1) is 0 Å². The van der Waals surface area contributed by atoms with Crippen LogP contribution >= 0.6 is 0 Å². The summed E-state index contributed by atoms with van der Waals surface area (Å²) in [6, 6.07) is 0. The molecule has 0 saturated carbocycles. The molecule has 1 aliphatic heterocycles. The minimum atomic E-state index is -0.787. The average Bonchev–Trinajstić information content (AvgIpc) is 2.13. The van der Waals surface area contributed by atoms with Crippen LogP contribution in [0, 0.1) is 0 Å². The minimum Gasteiger partial charge on any atom is -0.481 e. The molecule has 1 rings (SSSR count). The predicted octanol–water partition coefficient (Wildman–Crippen LogP) is 0.277. The van der Waals surface area contributed by atoms with Gasteiger partial charge in [-0.15, -0.1) is 0 Å². The third-order valence-corrected chi connectivity index (χ3v) is 2.65. The number of rotatable bonds is 6. The third kappa shape index (κ3) is 4.02. The van der Waals surface area contributed by atoms with Gasteiger partial charge in [0.1, 0.15) is 0 Å². The monoisotopic (exact) mass is 226 g/mol. The van der Waals surface area contributed by atoms with E-state index in [0.29, 0.717) is 19.4 Å². The molecule has 0 aliphatic carbocycles. The second-order valence-electron chi connectivity index (χ2n) is 3.94. The van der Waals surface area contributed by atoms with Crippen molar-refractivity contribution < 1.29 is 14.7 Å². The second-order valence-corrected chi connectivity index (χ2v) is 3.94. The van der Waals surface area contributed by atoms with E-state index in [1.807, 2.05) is 6.92 Å². The average molecular weight is 226 g/mol. The topological polar surface area (TPSA) is 78.4 Å². The summed E-state index contributed by atoms with van der Waals surface area (Å²) < 4.78 is 0. The van der Waals surface area contributed by atoms with Gasteiger partial charge in [-0.2, -0.15) is 0 Å². The molecule has 1 amide bonds. The largest absolute Gasteiger partial charge is 0.481 e. The van der Waals surface area contributed by atoms with Gasteiger partial charge in [-0.05, 0) is 25.3 Å². The molecule has 5 heteroatoms. The van der Waals surface area contributed by atoms with Crippen LogP contribution in [-0.4, -0.2) is 36.6 Å². The van der Waals surface area contributed by atoms with Crippen molar-refractivity contribution in [2.75, 3.05) is 19.6 Å². The Bertz CT molecular complexity index is 304. The van der Waals surface area contributed by atoms with Crippen LogP contribution in [0.3, 0.4) is 0 Å². The maximum Gasteiger partial charge on any atom is 0.303 e. The molecule has 0 aromatic heterocycles. The van der Waals surface area contributed by atoms with Crippen LogP contribution in [-0.2, 0) is 9.59 Å². The molecule has 1 saturated heterocycles. The molecule has 0 atom stereocenters. The van der Waals surface area contributed by atoms with Gasteiger partial charge in [0.25, 0.3) is 0 Å². The third-order valence-electron chi connectivity index (χ3n) is 2.65. The maximum atomic E-state index is 11.6. The van der Waals surface area contributed by atoms with Crippen LogP contribution in [0.15, 0.2) is 11.1 Å². The van der Waals surface area contributed by atoms with Gasteiger partial charge in [-0.3, -0.25) is 9.59 Å². The Morgan fingerprint density at radius 1 is 1.38 bits per heavy atom. The van der Waals surface area contributed by atoms with E-state index >= 15 is 0 Å². The van der Waals surface area contributed by atoms with Crippen LogP contribution in [0.5, 0.6) is 0 Å². The first-order valence-electron chi connectivity index (χ1n) is 5.50. The molecule has 0 aromatic rings. The molecule has 1 aliphatic rings. The predicted molar refractivity (Wildman–Crippen MR) is 60.1 cm³/mol. The summed E-state index contributed by atoms with van der Waals surface area (Å²) in [6.45, 7) is 3.98. The summed E-state index contributed by atoms with van der Waals surface area (Å²) in [5.41, 5.74) is 1.94. The van der Waals surface area contributed by atoms with Crippen molar-refractivity contribution in [3.63, 3.8) is 0 Å². The van der Waals surface area contributed by atoms with Crippen LogP contribution in [0.25, 0.3) is 0 Å². The number of unbranched alkanes of at least 4 members (excludes halogenated alkanes) is 1. The van der Waals surface area contributed by atoms with Crippen LogP contribution in [0.4, 0.5) is 0 Å². The standard InChI is InChI=1S/C11H18N2O3/c1-8(9-6-12-7-9)11(16)13-5-3-2-4-10(14)15/h12H,2-7H2,1H3,(H,13,16)(H,14,15). The lowest BCUT2D eigenvalue weighted by Gasteiger charge is -2.21. The van der Waals surface area contributed by atoms with Crippen molar-refractivity contribution in [3.8, 4) is 0 Å². The van der Waals surface area contributed by atoms with E-state index in [4.69, 9.17) is 5.11 Å². The first-order chi connectivity index (χ1) is 7.61. The molecule has 3 N–H and O–H groups in total. The number of carboxylic acids is 1. The number of hydrogen-bond acceptors (Lipinski definition) is 3. The minimum absolute atomic E-state index is 0.0353. The highest BCUT2D eigenvalue weighted by Gasteiger charge is 2.15. The summed E-state index contributed by atoms with van der Waals surface area (Å²) in [5.74, 6) is -0.822. The summed E-state index contributed by atoms with van der Waals surface area (Å²) in [5, 5.41) is 14.3. The van der Waals surface area contributed by atoms with E-state index in [0.717, 1.165) is 24.2 Å². The maximum absolute atomic E-state index is 11.6. The Morgan fingerprint density at radius 3 is 2.56 bits per heavy atom. The van der Waals surface area contributed by atoms with E-state index in [9.17, 15) is 9.59 Å². The Kier molecular flexibility index (Phi) is 4.98. The van der Waals surface area contributed by atoms with E-state index in [1.165, 1.54) is 0 Å². The van der Waals surface area contributed by atoms with Crippen LogP contribution in [0.1, 0.15) is 26.2 Å². The molecule has 5 nitrogen and oxygen atoms in total. The number of carbonyl (C=O) groups is 2.